The molecule has 0 rings (SSSR count). The molecule has 0 fully saturated rings. The molecule has 0 aromatic heterocycles. The zero-order valence-corrected chi connectivity index (χ0v) is 5.11. The van der Waals surface area contributed by atoms with Gasteiger partial charge in [0.05, 0.1) is 1.37 Å². The SMILES string of the molecule is [3H]C(C)OCCCC. The molecule has 0 spiro atoms. The first kappa shape index (κ1) is 5.10. The molecule has 1 atom stereocenters. The third kappa shape index (κ3) is 5.96. The van der Waals surface area contributed by atoms with Gasteiger partial charge in [0.1, 0.15) is 0 Å². The highest BCUT2D eigenvalue weighted by Crippen LogP contribution is 1.85. The lowest BCUT2D eigenvalue weighted by Crippen LogP contribution is -1.90. The highest BCUT2D eigenvalue weighted by atomic mass is 16.5. The molecule has 0 heterocycles. The molecule has 0 N–H and O–H groups in total. The maximum atomic E-state index is 6.93. The Bertz CT molecular complexity index is 45.8. The summed E-state index contributed by atoms with van der Waals surface area (Å²) in [4.78, 5) is 0. The molecule has 1 heteroatoms. The number of unbranched alkanes of at least 4 members (excludes halogenated alkanes) is 1. The average Bonchev–Trinajstić information content (AvgIpc) is 1.66. The zero-order chi connectivity index (χ0) is 6.41. The van der Waals surface area contributed by atoms with E-state index in [4.69, 9.17) is 6.11 Å². The van der Waals surface area contributed by atoms with Crippen LogP contribution in [0.1, 0.15) is 28.1 Å². The molecule has 0 radical (unpaired) electrons. The summed E-state index contributed by atoms with van der Waals surface area (Å²) in [5, 5.41) is 0. The van der Waals surface area contributed by atoms with Crippen LogP contribution in [0.25, 0.3) is 0 Å². The van der Waals surface area contributed by atoms with Crippen molar-refractivity contribution in [2.45, 2.75) is 26.7 Å². The molecular formula is C6H14O. The normalized spacial score (nSPS) is 16.0. The van der Waals surface area contributed by atoms with E-state index in [0.29, 0.717) is 0 Å². The maximum absolute atomic E-state index is 6.93. The van der Waals surface area contributed by atoms with Crippen molar-refractivity contribution in [1.29, 1.82) is 0 Å². The molecule has 0 aliphatic rings. The fourth-order valence-electron chi connectivity index (χ4n) is 0.346. The van der Waals surface area contributed by atoms with E-state index in [1.807, 2.05) is 0 Å². The van der Waals surface area contributed by atoms with Crippen LogP contribution >= 0.6 is 0 Å². The maximum Gasteiger partial charge on any atom is 0.0564 e. The first-order valence-corrected chi connectivity index (χ1v) is 2.81. The molecular weight excluding hydrogens is 88.1 g/mol. The predicted octanol–water partition coefficient (Wildman–Crippen LogP) is 1.82. The van der Waals surface area contributed by atoms with Gasteiger partial charge in [0, 0.05) is 13.2 Å². The van der Waals surface area contributed by atoms with Crippen LogP contribution in [0.15, 0.2) is 0 Å². The molecule has 0 saturated heterocycles. The number of rotatable bonds is 4. The molecule has 1 unspecified atom stereocenters. The molecule has 1 nitrogen and oxygen atoms in total. The summed E-state index contributed by atoms with van der Waals surface area (Å²) in [6.07, 6.45) is 2.22. The van der Waals surface area contributed by atoms with Gasteiger partial charge in [-0.2, -0.15) is 0 Å². The van der Waals surface area contributed by atoms with Crippen LogP contribution in [0.4, 0.5) is 0 Å². The lowest BCUT2D eigenvalue weighted by atomic mass is 10.4. The van der Waals surface area contributed by atoms with Gasteiger partial charge in [0.2, 0.25) is 0 Å². The Hall–Kier alpha value is -0.0400. The fraction of sp³-hybridized carbons (Fsp3) is 1.00. The Morgan fingerprint density at radius 3 is 2.71 bits per heavy atom. The van der Waals surface area contributed by atoms with Gasteiger partial charge in [-0.25, -0.2) is 0 Å². The first-order valence-electron chi connectivity index (χ1n) is 3.39. The highest BCUT2D eigenvalue weighted by molar-refractivity contribution is 4.28. The van der Waals surface area contributed by atoms with Crippen molar-refractivity contribution in [2.75, 3.05) is 13.2 Å². The Morgan fingerprint density at radius 2 is 2.29 bits per heavy atom. The molecule has 0 amide bonds. The molecule has 0 aromatic carbocycles. The molecule has 0 aromatic rings. The van der Waals surface area contributed by atoms with Crippen LogP contribution in [-0.2, 0) is 4.74 Å². The summed E-state index contributed by atoms with van der Waals surface area (Å²) >= 11 is 0. The van der Waals surface area contributed by atoms with Crippen LogP contribution in [0, 0.1) is 0 Å². The van der Waals surface area contributed by atoms with Gasteiger partial charge in [0.15, 0.2) is 0 Å². The quantitative estimate of drug-likeness (QED) is 0.494. The lowest BCUT2D eigenvalue weighted by Gasteiger charge is -1.94. The second-order valence-corrected chi connectivity index (χ2v) is 1.46. The summed E-state index contributed by atoms with van der Waals surface area (Å²) in [7, 11) is 0. The lowest BCUT2D eigenvalue weighted by molar-refractivity contribution is 0.144. The van der Waals surface area contributed by atoms with Crippen molar-refractivity contribution in [2.24, 2.45) is 0 Å². The number of hydrogen-bond acceptors (Lipinski definition) is 1. The van der Waals surface area contributed by atoms with E-state index in [2.05, 4.69) is 6.92 Å². The fourth-order valence-corrected chi connectivity index (χ4v) is 0.346. The minimum Gasteiger partial charge on any atom is -0.382 e. The number of ether oxygens (including phenoxy) is 1. The largest absolute Gasteiger partial charge is 0.382 e. The standard InChI is InChI=1S/C6H14O/c1-3-5-6-7-4-2/h3-6H2,1-2H3/i4T. The van der Waals surface area contributed by atoms with E-state index in [1.165, 1.54) is 0 Å². The zero-order valence-electron chi connectivity index (χ0n) is 6.11. The number of hydrogen-bond donors (Lipinski definition) is 0. The second-order valence-electron chi connectivity index (χ2n) is 1.46. The average molecular weight is 104 g/mol. The van der Waals surface area contributed by atoms with Crippen LogP contribution in [0.3, 0.4) is 0 Å². The van der Waals surface area contributed by atoms with Crippen molar-refractivity contribution in [3.8, 4) is 0 Å². The molecule has 0 saturated carbocycles. The Balaban J connectivity index is 2.72. The smallest absolute Gasteiger partial charge is 0.0564 e. The predicted molar refractivity (Wildman–Crippen MR) is 31.4 cm³/mol. The summed E-state index contributed by atoms with van der Waals surface area (Å²) in [6.45, 7) is 4.23. The Kier molecular flexibility index (Phi) is 4.35. The molecule has 0 bridgehead atoms. The van der Waals surface area contributed by atoms with E-state index in [9.17, 15) is 0 Å². The molecule has 0 aliphatic carbocycles. The van der Waals surface area contributed by atoms with Crippen molar-refractivity contribution >= 4 is 0 Å². The summed E-state index contributed by atoms with van der Waals surface area (Å²) in [5.41, 5.74) is 0. The van der Waals surface area contributed by atoms with Crippen molar-refractivity contribution in [3.63, 3.8) is 0 Å². The van der Waals surface area contributed by atoms with E-state index in [0.717, 1.165) is 19.4 Å². The van der Waals surface area contributed by atoms with Crippen LogP contribution in [0.5, 0.6) is 0 Å². The third-order valence-electron chi connectivity index (χ3n) is 0.782. The van der Waals surface area contributed by atoms with Crippen LogP contribution < -0.4 is 0 Å². The second kappa shape index (κ2) is 5.96. The van der Waals surface area contributed by atoms with Crippen LogP contribution in [0.2, 0.25) is 0 Å². The summed E-state index contributed by atoms with van der Waals surface area (Å²) in [6, 6.07) is 0. The van der Waals surface area contributed by atoms with Gasteiger partial charge < -0.3 is 4.74 Å². The van der Waals surface area contributed by atoms with Gasteiger partial charge in [-0.3, -0.25) is 0 Å². The minimum absolute atomic E-state index is 0.346. The summed E-state index contributed by atoms with van der Waals surface area (Å²) in [5.74, 6) is 0. The Labute approximate surface area is 47.1 Å². The van der Waals surface area contributed by atoms with Gasteiger partial charge in [-0.1, -0.05) is 13.3 Å². The third-order valence-corrected chi connectivity index (χ3v) is 0.782. The minimum atomic E-state index is -0.346. The van der Waals surface area contributed by atoms with E-state index in [-0.39, 0.29) is 6.58 Å². The monoisotopic (exact) mass is 104 g/mol. The van der Waals surface area contributed by atoms with Crippen molar-refractivity contribution in [1.82, 2.24) is 0 Å². The van der Waals surface area contributed by atoms with E-state index in [1.54, 1.807) is 6.92 Å². The van der Waals surface area contributed by atoms with Gasteiger partial charge in [-0.15, -0.1) is 0 Å². The van der Waals surface area contributed by atoms with E-state index >= 15 is 0 Å². The molecule has 0 aliphatic heterocycles. The molecule has 7 heavy (non-hydrogen) atoms. The van der Waals surface area contributed by atoms with Gasteiger partial charge >= 0.3 is 0 Å². The Morgan fingerprint density at radius 1 is 1.57 bits per heavy atom. The van der Waals surface area contributed by atoms with E-state index < -0.39 is 0 Å². The topological polar surface area (TPSA) is 9.23 Å². The van der Waals surface area contributed by atoms with Crippen molar-refractivity contribution < 1.29 is 6.11 Å². The van der Waals surface area contributed by atoms with Gasteiger partial charge in [-0.05, 0) is 13.3 Å². The molecule has 44 valence electrons. The van der Waals surface area contributed by atoms with Crippen molar-refractivity contribution in [3.05, 3.63) is 0 Å². The van der Waals surface area contributed by atoms with Crippen LogP contribution in [-0.4, -0.2) is 13.2 Å². The first-order chi connectivity index (χ1) is 3.77. The highest BCUT2D eigenvalue weighted by Gasteiger charge is 1.78. The van der Waals surface area contributed by atoms with Gasteiger partial charge in [0.25, 0.3) is 0 Å². The summed E-state index contributed by atoms with van der Waals surface area (Å²) < 4.78 is 11.9.